The largest absolute Gasteiger partial charge is 4.00 e. The molecule has 1 aromatic rings. The molecule has 1 aromatic carbocycles. The molecule has 0 fully saturated rings. The molecule has 1 nitrogen and oxygen atoms in total. The molecule has 0 aromatic heterocycles. The topological polar surface area (TPSA) is 14.1 Å². The number of hydrogen-bond acceptors (Lipinski definition) is 0. The van der Waals surface area contributed by atoms with Crippen LogP contribution in [0, 0.1) is 27.7 Å². The molecule has 0 N–H and O–H groups in total. The molecule has 0 aliphatic rings. The van der Waals surface area contributed by atoms with E-state index in [-0.39, 0.29) is 46.5 Å². The van der Waals surface area contributed by atoms with Crippen LogP contribution in [0.25, 0.3) is 4.65 Å². The van der Waals surface area contributed by atoms with Crippen LogP contribution >= 0.6 is 0 Å². The van der Waals surface area contributed by atoms with Crippen molar-refractivity contribution in [1.82, 2.24) is 0 Å². The summed E-state index contributed by atoms with van der Waals surface area (Å²) in [6, 6.07) is 2.24. The van der Waals surface area contributed by atoms with Gasteiger partial charge in [0, 0.05) is 0 Å². The van der Waals surface area contributed by atoms with E-state index >= 15 is 0 Å². The first-order chi connectivity index (χ1) is 7.83. The molecule has 0 saturated carbocycles. The van der Waals surface area contributed by atoms with E-state index < -0.39 is 16.5 Å². The van der Waals surface area contributed by atoms with Crippen LogP contribution in [-0.4, -0.2) is 16.5 Å². The van der Waals surface area contributed by atoms with Crippen LogP contribution < -0.4 is 24.8 Å². The Bertz CT molecular complexity index is 359. The summed E-state index contributed by atoms with van der Waals surface area (Å²) in [6.07, 6.45) is 0. The molecule has 0 saturated heterocycles. The van der Waals surface area contributed by atoms with Gasteiger partial charge in [-0.2, -0.15) is 28.3 Å². The Balaban J connectivity index is -0.000000120. The normalized spacial score (nSPS) is 10.4. The van der Waals surface area contributed by atoms with E-state index in [1.807, 2.05) is 0 Å². The van der Waals surface area contributed by atoms with Crippen LogP contribution in [0.15, 0.2) is 6.07 Å². The van der Waals surface area contributed by atoms with E-state index in [0.717, 1.165) is 0 Å². The molecule has 0 heterocycles. The van der Waals surface area contributed by atoms with Gasteiger partial charge < -0.3 is 29.5 Å². The molecular formula is C15H31Cl2NSi2Ti. The van der Waals surface area contributed by atoms with Crippen molar-refractivity contribution in [3.05, 3.63) is 33.0 Å². The minimum Gasteiger partial charge on any atom is -1.00 e. The van der Waals surface area contributed by atoms with Gasteiger partial charge in [0.1, 0.15) is 0 Å². The Morgan fingerprint density at radius 2 is 1.19 bits per heavy atom. The number of halogens is 2. The molecule has 0 spiro atoms. The average Bonchev–Trinajstić information content (AvgIpc) is 2.28. The summed E-state index contributed by atoms with van der Waals surface area (Å²) in [6.45, 7) is 22.5. The predicted octanol–water partition coefficient (Wildman–Crippen LogP) is -0.325. The van der Waals surface area contributed by atoms with Crippen molar-refractivity contribution in [2.24, 2.45) is 0 Å². The molecule has 0 unspecified atom stereocenters. The van der Waals surface area contributed by atoms with Gasteiger partial charge >= 0.3 is 21.7 Å². The number of aryl methyl sites for hydroxylation is 2. The molecule has 0 atom stereocenters. The zero-order valence-electron chi connectivity index (χ0n) is 15.3. The third-order valence-corrected chi connectivity index (χ3v) is 8.22. The van der Waals surface area contributed by atoms with Crippen molar-refractivity contribution < 1.29 is 46.5 Å². The maximum Gasteiger partial charge on any atom is 4.00 e. The van der Waals surface area contributed by atoms with Gasteiger partial charge in [0.2, 0.25) is 0 Å². The van der Waals surface area contributed by atoms with E-state index in [1.165, 1.54) is 22.3 Å². The van der Waals surface area contributed by atoms with Crippen molar-refractivity contribution in [1.29, 1.82) is 0 Å². The maximum absolute atomic E-state index is 4.82. The summed E-state index contributed by atoms with van der Waals surface area (Å²) >= 11 is 0. The van der Waals surface area contributed by atoms with Crippen molar-refractivity contribution in [3.8, 4) is 0 Å². The van der Waals surface area contributed by atoms with Gasteiger partial charge in [-0.25, -0.2) is 0 Å². The van der Waals surface area contributed by atoms with Crippen LogP contribution in [-0.2, 0) is 21.7 Å². The Kier molecular flexibility index (Phi) is 16.5. The molecular weight excluding hydrogens is 369 g/mol. The fraction of sp³-hybridized carbons (Fsp3) is 0.667. The van der Waals surface area contributed by atoms with Gasteiger partial charge in [0.15, 0.2) is 0 Å². The van der Waals surface area contributed by atoms with Crippen molar-refractivity contribution >= 4 is 16.5 Å². The maximum atomic E-state index is 4.82. The van der Waals surface area contributed by atoms with Gasteiger partial charge in [-0.15, -0.1) is 0 Å². The third kappa shape index (κ3) is 14.4. The molecule has 0 radical (unpaired) electrons. The van der Waals surface area contributed by atoms with Gasteiger partial charge in [0.25, 0.3) is 0 Å². The zero-order valence-corrected chi connectivity index (χ0v) is 20.4. The Morgan fingerprint density at radius 3 is 1.24 bits per heavy atom. The summed E-state index contributed by atoms with van der Waals surface area (Å²) in [4.78, 5) is 0. The predicted molar refractivity (Wildman–Crippen MR) is 91.0 cm³/mol. The molecule has 1 rings (SSSR count). The van der Waals surface area contributed by atoms with E-state index in [4.69, 9.17) is 4.65 Å². The molecule has 0 amide bonds. The molecule has 21 heavy (non-hydrogen) atoms. The van der Waals surface area contributed by atoms with Crippen LogP contribution in [0.2, 0.25) is 39.3 Å². The SMILES string of the molecule is C[Si](C)(C)[N-][Si](C)(C)C.Cc1c[c-](C)c(C)c1C.[Cl-].[Cl-].[Ti+4]. The van der Waals surface area contributed by atoms with Crippen molar-refractivity contribution in [2.75, 3.05) is 0 Å². The minimum absolute atomic E-state index is 0. The van der Waals surface area contributed by atoms with Crippen LogP contribution in [0.1, 0.15) is 22.3 Å². The van der Waals surface area contributed by atoms with Crippen molar-refractivity contribution in [3.63, 3.8) is 0 Å². The third-order valence-electron chi connectivity index (χ3n) is 2.85. The standard InChI is InChI=1S/C9H13.C6H18NSi2.2ClH.Ti/c1-6-5-7(2)9(4)8(6)3;1-8(2,3)7-9(4,5)6;;;/h5H,1-4H3;1-6H3;2*1H;/q2*-1;;;+4/p-2. The van der Waals surface area contributed by atoms with E-state index in [9.17, 15) is 0 Å². The zero-order chi connectivity index (χ0) is 14.7. The van der Waals surface area contributed by atoms with Crippen LogP contribution in [0.3, 0.4) is 0 Å². The molecule has 0 aliphatic carbocycles. The Morgan fingerprint density at radius 1 is 0.857 bits per heavy atom. The van der Waals surface area contributed by atoms with E-state index in [1.54, 1.807) is 0 Å². The van der Waals surface area contributed by atoms with Gasteiger partial charge in [-0.1, -0.05) is 83.4 Å². The van der Waals surface area contributed by atoms with Crippen LogP contribution in [0.5, 0.6) is 0 Å². The number of nitrogens with zero attached hydrogens (tertiary/aromatic N) is 1. The summed E-state index contributed by atoms with van der Waals surface area (Å²) < 4.78 is 4.82. The minimum atomic E-state index is -1.11. The number of hydrogen-bond donors (Lipinski definition) is 0. The first kappa shape index (κ1) is 30.0. The van der Waals surface area contributed by atoms with E-state index in [2.05, 4.69) is 73.0 Å². The quantitative estimate of drug-likeness (QED) is 0.477. The summed E-state index contributed by atoms with van der Waals surface area (Å²) in [7, 11) is -2.21. The second-order valence-electron chi connectivity index (χ2n) is 7.21. The van der Waals surface area contributed by atoms with Crippen molar-refractivity contribution in [2.45, 2.75) is 67.0 Å². The summed E-state index contributed by atoms with van der Waals surface area (Å²) in [5.41, 5.74) is 5.75. The molecule has 6 heteroatoms. The summed E-state index contributed by atoms with van der Waals surface area (Å²) in [5.74, 6) is 0. The molecule has 122 valence electrons. The fourth-order valence-electron chi connectivity index (χ4n) is 2.14. The summed E-state index contributed by atoms with van der Waals surface area (Å²) in [5, 5.41) is 0. The van der Waals surface area contributed by atoms with Crippen LogP contribution in [0.4, 0.5) is 0 Å². The fourth-order valence-corrected chi connectivity index (χ4v) is 10.2. The monoisotopic (exact) mass is 399 g/mol. The van der Waals surface area contributed by atoms with Gasteiger partial charge in [0.05, 0.1) is 0 Å². The number of rotatable bonds is 2. The Labute approximate surface area is 162 Å². The molecule has 0 aliphatic heterocycles. The first-order valence-electron chi connectivity index (χ1n) is 6.77. The average molecular weight is 400 g/mol. The van der Waals surface area contributed by atoms with Gasteiger partial charge in [-0.05, 0) is 0 Å². The Hall–Kier alpha value is 1.04. The first-order valence-corrected chi connectivity index (χ1v) is 13.7. The molecule has 0 bridgehead atoms. The van der Waals surface area contributed by atoms with Gasteiger partial charge in [-0.3, -0.25) is 0 Å². The van der Waals surface area contributed by atoms with E-state index in [0.29, 0.717) is 0 Å². The smallest absolute Gasteiger partial charge is 1.00 e. The second kappa shape index (κ2) is 11.6. The second-order valence-corrected chi connectivity index (χ2v) is 16.8.